The van der Waals surface area contributed by atoms with Crippen molar-refractivity contribution in [1.82, 2.24) is 14.8 Å². The van der Waals surface area contributed by atoms with Gasteiger partial charge in [0.1, 0.15) is 17.7 Å². The molecular formula is C9H15N3O3. The van der Waals surface area contributed by atoms with E-state index in [1.807, 2.05) is 0 Å². The molecule has 6 heteroatoms. The van der Waals surface area contributed by atoms with E-state index in [4.69, 9.17) is 9.84 Å². The quantitative estimate of drug-likeness (QED) is 0.767. The van der Waals surface area contributed by atoms with Crippen molar-refractivity contribution in [2.24, 2.45) is 0 Å². The lowest BCUT2D eigenvalue weighted by Crippen LogP contribution is -2.20. The number of aliphatic carboxylic acids is 1. The molecule has 0 aromatic carbocycles. The maximum Gasteiger partial charge on any atom is 0.326 e. The molecule has 1 atom stereocenters. The Hall–Kier alpha value is -1.43. The summed E-state index contributed by atoms with van der Waals surface area (Å²) < 4.78 is 6.53. The molecule has 84 valence electrons. The van der Waals surface area contributed by atoms with Gasteiger partial charge in [-0.15, -0.1) is 10.2 Å². The van der Waals surface area contributed by atoms with E-state index in [0.717, 1.165) is 0 Å². The van der Waals surface area contributed by atoms with Gasteiger partial charge in [0.15, 0.2) is 0 Å². The van der Waals surface area contributed by atoms with E-state index < -0.39 is 12.0 Å². The topological polar surface area (TPSA) is 77.2 Å². The van der Waals surface area contributed by atoms with Crippen molar-refractivity contribution in [2.45, 2.75) is 26.3 Å². The van der Waals surface area contributed by atoms with Gasteiger partial charge in [0.2, 0.25) is 0 Å². The average molecular weight is 213 g/mol. The Bertz CT molecular complexity index is 348. The molecule has 0 saturated carbocycles. The summed E-state index contributed by atoms with van der Waals surface area (Å²) >= 11 is 0. The minimum absolute atomic E-state index is 0.504. The molecule has 0 fully saturated rings. The molecule has 15 heavy (non-hydrogen) atoms. The maximum atomic E-state index is 10.9. The molecule has 0 aliphatic carbocycles. The Morgan fingerprint density at radius 2 is 2.27 bits per heavy atom. The van der Waals surface area contributed by atoms with E-state index in [1.165, 1.54) is 0 Å². The maximum absolute atomic E-state index is 10.9. The first kappa shape index (κ1) is 11.6. The number of carboxylic acid groups (broad SMARTS) is 1. The highest BCUT2D eigenvalue weighted by Crippen LogP contribution is 2.12. The molecule has 0 aliphatic rings. The SMILES string of the molecule is COCCc1nnc(C)n1C(C)C(=O)O. The van der Waals surface area contributed by atoms with Gasteiger partial charge in [-0.3, -0.25) is 0 Å². The van der Waals surface area contributed by atoms with E-state index in [-0.39, 0.29) is 0 Å². The van der Waals surface area contributed by atoms with E-state index in [1.54, 1.807) is 25.5 Å². The largest absolute Gasteiger partial charge is 0.480 e. The Morgan fingerprint density at radius 1 is 1.60 bits per heavy atom. The Balaban J connectivity index is 2.93. The minimum Gasteiger partial charge on any atom is -0.480 e. The number of ether oxygens (including phenoxy) is 1. The van der Waals surface area contributed by atoms with Crippen LogP contribution in [0.15, 0.2) is 0 Å². The van der Waals surface area contributed by atoms with Crippen LogP contribution in [-0.4, -0.2) is 39.6 Å². The number of methoxy groups -OCH3 is 1. The van der Waals surface area contributed by atoms with E-state index >= 15 is 0 Å². The molecule has 1 aromatic rings. The summed E-state index contributed by atoms with van der Waals surface area (Å²) in [6.07, 6.45) is 0.564. The van der Waals surface area contributed by atoms with Crippen LogP contribution in [0.1, 0.15) is 24.6 Å². The number of rotatable bonds is 5. The molecule has 1 rings (SSSR count). The summed E-state index contributed by atoms with van der Waals surface area (Å²) in [6, 6.07) is -0.646. The van der Waals surface area contributed by atoms with Crippen LogP contribution in [-0.2, 0) is 16.0 Å². The second-order valence-electron chi connectivity index (χ2n) is 3.29. The van der Waals surface area contributed by atoms with Crippen molar-refractivity contribution in [3.8, 4) is 0 Å². The smallest absolute Gasteiger partial charge is 0.326 e. The lowest BCUT2D eigenvalue weighted by atomic mass is 10.3. The third kappa shape index (κ3) is 2.53. The van der Waals surface area contributed by atoms with Crippen molar-refractivity contribution in [1.29, 1.82) is 0 Å². The Kier molecular flexibility index (Phi) is 3.79. The van der Waals surface area contributed by atoms with Crippen LogP contribution in [0.25, 0.3) is 0 Å². The van der Waals surface area contributed by atoms with Crippen molar-refractivity contribution < 1.29 is 14.6 Å². The summed E-state index contributed by atoms with van der Waals surface area (Å²) in [7, 11) is 1.59. The molecule has 0 aliphatic heterocycles. The molecule has 6 nitrogen and oxygen atoms in total. The average Bonchev–Trinajstić information content (AvgIpc) is 2.55. The molecule has 0 saturated heterocycles. The van der Waals surface area contributed by atoms with Gasteiger partial charge in [-0.2, -0.15) is 0 Å². The van der Waals surface area contributed by atoms with Crippen LogP contribution < -0.4 is 0 Å². The van der Waals surface area contributed by atoms with Gasteiger partial charge in [0, 0.05) is 13.5 Å². The number of aryl methyl sites for hydroxylation is 1. The number of hydrogen-bond donors (Lipinski definition) is 1. The zero-order chi connectivity index (χ0) is 11.4. The van der Waals surface area contributed by atoms with E-state index in [2.05, 4.69) is 10.2 Å². The number of hydrogen-bond acceptors (Lipinski definition) is 4. The zero-order valence-corrected chi connectivity index (χ0v) is 9.10. The number of aromatic nitrogens is 3. The molecule has 0 radical (unpaired) electrons. The van der Waals surface area contributed by atoms with Gasteiger partial charge in [0.05, 0.1) is 6.61 Å². The van der Waals surface area contributed by atoms with Gasteiger partial charge in [-0.25, -0.2) is 4.79 Å². The van der Waals surface area contributed by atoms with Crippen molar-refractivity contribution >= 4 is 5.97 Å². The van der Waals surface area contributed by atoms with Crippen molar-refractivity contribution in [3.05, 3.63) is 11.6 Å². The standard InChI is InChI=1S/C9H15N3O3/c1-6(9(13)14)12-7(2)10-11-8(12)4-5-15-3/h6H,4-5H2,1-3H3,(H,13,14). The first-order valence-corrected chi connectivity index (χ1v) is 4.70. The predicted octanol–water partition coefficient (Wildman–Crippen LogP) is 0.421. The Morgan fingerprint density at radius 3 is 2.80 bits per heavy atom. The normalized spacial score (nSPS) is 12.7. The Labute approximate surface area is 87.9 Å². The summed E-state index contributed by atoms with van der Waals surface area (Å²) in [5.41, 5.74) is 0. The lowest BCUT2D eigenvalue weighted by molar-refractivity contribution is -0.140. The third-order valence-corrected chi connectivity index (χ3v) is 2.21. The van der Waals surface area contributed by atoms with Crippen LogP contribution in [0, 0.1) is 6.92 Å². The second kappa shape index (κ2) is 4.88. The van der Waals surface area contributed by atoms with Gasteiger partial charge in [-0.05, 0) is 13.8 Å². The lowest BCUT2D eigenvalue weighted by Gasteiger charge is -2.12. The van der Waals surface area contributed by atoms with Gasteiger partial charge >= 0.3 is 5.97 Å². The molecule has 1 unspecified atom stereocenters. The highest BCUT2D eigenvalue weighted by Gasteiger charge is 2.19. The van der Waals surface area contributed by atoms with Crippen LogP contribution in [0.3, 0.4) is 0 Å². The number of carboxylic acids is 1. The monoisotopic (exact) mass is 213 g/mol. The fourth-order valence-corrected chi connectivity index (χ4v) is 1.39. The molecule has 0 spiro atoms. The van der Waals surface area contributed by atoms with Crippen molar-refractivity contribution in [3.63, 3.8) is 0 Å². The van der Waals surface area contributed by atoms with Crippen molar-refractivity contribution in [2.75, 3.05) is 13.7 Å². The van der Waals surface area contributed by atoms with E-state index in [9.17, 15) is 4.79 Å². The zero-order valence-electron chi connectivity index (χ0n) is 9.10. The molecule has 0 bridgehead atoms. The van der Waals surface area contributed by atoms with Crippen LogP contribution in [0.5, 0.6) is 0 Å². The van der Waals surface area contributed by atoms with Gasteiger partial charge in [-0.1, -0.05) is 0 Å². The van der Waals surface area contributed by atoms with Crippen LogP contribution >= 0.6 is 0 Å². The minimum atomic E-state index is -0.892. The third-order valence-electron chi connectivity index (χ3n) is 2.21. The molecule has 1 heterocycles. The molecule has 0 amide bonds. The molecule has 1 aromatic heterocycles. The number of nitrogens with zero attached hydrogens (tertiary/aromatic N) is 3. The number of carbonyl (C=O) groups is 1. The fourth-order valence-electron chi connectivity index (χ4n) is 1.39. The summed E-state index contributed by atoms with van der Waals surface area (Å²) in [4.78, 5) is 10.9. The molecular weight excluding hydrogens is 198 g/mol. The van der Waals surface area contributed by atoms with Crippen LogP contribution in [0.4, 0.5) is 0 Å². The summed E-state index contributed by atoms with van der Waals surface area (Å²) in [5.74, 6) is 0.358. The van der Waals surface area contributed by atoms with Crippen LogP contribution in [0.2, 0.25) is 0 Å². The fraction of sp³-hybridized carbons (Fsp3) is 0.667. The summed E-state index contributed by atoms with van der Waals surface area (Å²) in [5, 5.41) is 16.7. The van der Waals surface area contributed by atoms with Gasteiger partial charge < -0.3 is 14.4 Å². The second-order valence-corrected chi connectivity index (χ2v) is 3.29. The first-order valence-electron chi connectivity index (χ1n) is 4.70. The predicted molar refractivity (Wildman–Crippen MR) is 52.7 cm³/mol. The highest BCUT2D eigenvalue weighted by molar-refractivity contribution is 5.71. The summed E-state index contributed by atoms with van der Waals surface area (Å²) in [6.45, 7) is 3.85. The van der Waals surface area contributed by atoms with E-state index in [0.29, 0.717) is 24.7 Å². The first-order chi connectivity index (χ1) is 7.07. The highest BCUT2D eigenvalue weighted by atomic mass is 16.5. The van der Waals surface area contributed by atoms with Gasteiger partial charge in [0.25, 0.3) is 0 Å². The molecule has 1 N–H and O–H groups in total.